The number of furan rings is 1. The Morgan fingerprint density at radius 2 is 1.64 bits per heavy atom. The first kappa shape index (κ1) is 23.9. The predicted octanol–water partition coefficient (Wildman–Crippen LogP) is 6.77. The SMILES string of the molecule is Cc1cc(Cl)ccc1N(Cc1ccc(C(=O)Nc2ccc3c(c2)oc2ccccc23)cc1)S(C)(=O)=O. The van der Waals surface area contributed by atoms with Crippen molar-refractivity contribution < 1.29 is 17.6 Å². The summed E-state index contributed by atoms with van der Waals surface area (Å²) in [7, 11) is -3.54. The average Bonchev–Trinajstić information content (AvgIpc) is 3.20. The average molecular weight is 519 g/mol. The zero-order chi connectivity index (χ0) is 25.4. The van der Waals surface area contributed by atoms with Crippen LogP contribution in [0.1, 0.15) is 21.5 Å². The lowest BCUT2D eigenvalue weighted by Gasteiger charge is -2.24. The van der Waals surface area contributed by atoms with Gasteiger partial charge in [-0.2, -0.15) is 0 Å². The van der Waals surface area contributed by atoms with Gasteiger partial charge < -0.3 is 9.73 Å². The highest BCUT2D eigenvalue weighted by Crippen LogP contribution is 2.31. The van der Waals surface area contributed by atoms with Crippen LogP contribution in [-0.4, -0.2) is 20.6 Å². The van der Waals surface area contributed by atoms with E-state index in [-0.39, 0.29) is 12.5 Å². The second-order valence-electron chi connectivity index (χ2n) is 8.66. The van der Waals surface area contributed by atoms with Gasteiger partial charge in [0.15, 0.2) is 0 Å². The van der Waals surface area contributed by atoms with E-state index in [9.17, 15) is 13.2 Å². The summed E-state index contributed by atoms with van der Waals surface area (Å²) in [4.78, 5) is 12.9. The van der Waals surface area contributed by atoms with Crippen molar-refractivity contribution in [2.45, 2.75) is 13.5 Å². The molecule has 5 rings (SSSR count). The fourth-order valence-corrected chi connectivity index (χ4v) is 5.39. The third-order valence-electron chi connectivity index (χ3n) is 6.01. The van der Waals surface area contributed by atoms with Gasteiger partial charge in [-0.15, -0.1) is 0 Å². The van der Waals surface area contributed by atoms with Crippen molar-refractivity contribution >= 4 is 60.8 Å². The highest BCUT2D eigenvalue weighted by Gasteiger charge is 2.20. The highest BCUT2D eigenvalue weighted by molar-refractivity contribution is 7.92. The van der Waals surface area contributed by atoms with Crippen LogP contribution in [-0.2, 0) is 16.6 Å². The molecule has 0 atom stereocenters. The van der Waals surface area contributed by atoms with E-state index < -0.39 is 10.0 Å². The highest BCUT2D eigenvalue weighted by atomic mass is 35.5. The van der Waals surface area contributed by atoms with Crippen LogP contribution in [0, 0.1) is 6.92 Å². The fraction of sp³-hybridized carbons (Fsp3) is 0.107. The minimum atomic E-state index is -3.54. The Bertz CT molecular complexity index is 1710. The maximum atomic E-state index is 12.9. The maximum absolute atomic E-state index is 12.9. The van der Waals surface area contributed by atoms with Gasteiger partial charge in [0, 0.05) is 33.1 Å². The summed E-state index contributed by atoms with van der Waals surface area (Å²) in [5, 5.41) is 5.45. The van der Waals surface area contributed by atoms with Crippen molar-refractivity contribution in [3.63, 3.8) is 0 Å². The number of nitrogens with zero attached hydrogens (tertiary/aromatic N) is 1. The molecule has 0 bridgehead atoms. The maximum Gasteiger partial charge on any atom is 0.255 e. The van der Waals surface area contributed by atoms with Crippen molar-refractivity contribution in [3.05, 3.63) is 107 Å². The monoisotopic (exact) mass is 518 g/mol. The number of amides is 1. The first-order valence-corrected chi connectivity index (χ1v) is 13.5. The van der Waals surface area contributed by atoms with Crippen LogP contribution in [0.2, 0.25) is 5.02 Å². The molecule has 0 saturated heterocycles. The number of nitrogens with one attached hydrogen (secondary N) is 1. The smallest absolute Gasteiger partial charge is 0.255 e. The molecule has 0 aliphatic heterocycles. The van der Waals surface area contributed by atoms with E-state index in [1.54, 1.807) is 48.5 Å². The van der Waals surface area contributed by atoms with Gasteiger partial charge in [0.1, 0.15) is 11.2 Å². The molecule has 6 nitrogen and oxygen atoms in total. The zero-order valence-electron chi connectivity index (χ0n) is 19.7. The molecule has 8 heteroatoms. The number of aryl methyl sites for hydroxylation is 1. The normalized spacial score (nSPS) is 11.6. The van der Waals surface area contributed by atoms with Gasteiger partial charge >= 0.3 is 0 Å². The standard InChI is InChI=1S/C28H23ClN2O4S/c1-18-15-21(29)11-14-25(18)31(36(2,33)34)17-19-7-9-20(10-8-19)28(32)30-22-12-13-24-23-5-3-4-6-26(23)35-27(24)16-22/h3-16H,17H2,1-2H3,(H,30,32). The summed E-state index contributed by atoms with van der Waals surface area (Å²) in [5.74, 6) is -0.273. The Hall–Kier alpha value is -3.81. The second-order valence-corrected chi connectivity index (χ2v) is 11.0. The van der Waals surface area contributed by atoms with Gasteiger partial charge in [0.25, 0.3) is 5.91 Å². The number of carbonyl (C=O) groups is 1. The summed E-state index contributed by atoms with van der Waals surface area (Å²) in [6.45, 7) is 1.95. The van der Waals surface area contributed by atoms with E-state index in [0.29, 0.717) is 27.5 Å². The summed E-state index contributed by atoms with van der Waals surface area (Å²) in [5.41, 5.74) is 4.63. The molecule has 1 N–H and O–H groups in total. The molecule has 5 aromatic rings. The molecule has 1 heterocycles. The molecule has 0 aliphatic rings. The largest absolute Gasteiger partial charge is 0.456 e. The van der Waals surface area contributed by atoms with Gasteiger partial charge in [-0.3, -0.25) is 9.10 Å². The van der Waals surface area contributed by atoms with Gasteiger partial charge in [-0.25, -0.2) is 8.42 Å². The van der Waals surface area contributed by atoms with Crippen LogP contribution in [0.25, 0.3) is 21.9 Å². The quantitative estimate of drug-likeness (QED) is 0.269. The number of rotatable bonds is 6. The minimum Gasteiger partial charge on any atom is -0.456 e. The number of halogens is 1. The number of para-hydroxylation sites is 1. The minimum absolute atomic E-state index is 0.131. The molecule has 182 valence electrons. The lowest BCUT2D eigenvalue weighted by Crippen LogP contribution is -2.30. The lowest BCUT2D eigenvalue weighted by molar-refractivity contribution is 0.102. The number of sulfonamides is 1. The fourth-order valence-electron chi connectivity index (χ4n) is 4.21. The van der Waals surface area contributed by atoms with E-state index in [1.807, 2.05) is 43.3 Å². The molecule has 0 spiro atoms. The van der Waals surface area contributed by atoms with Crippen LogP contribution < -0.4 is 9.62 Å². The van der Waals surface area contributed by atoms with Crippen molar-refractivity contribution in [1.82, 2.24) is 0 Å². The molecule has 36 heavy (non-hydrogen) atoms. The van der Waals surface area contributed by atoms with E-state index in [0.717, 1.165) is 27.5 Å². The number of carbonyl (C=O) groups excluding carboxylic acids is 1. The molecular formula is C28H23ClN2O4S. The van der Waals surface area contributed by atoms with Crippen LogP contribution in [0.15, 0.2) is 89.3 Å². The number of benzene rings is 4. The second kappa shape index (κ2) is 9.33. The van der Waals surface area contributed by atoms with Crippen molar-refractivity contribution in [3.8, 4) is 0 Å². The Labute approximate surface area is 214 Å². The topological polar surface area (TPSA) is 79.6 Å². The number of anilines is 2. The molecule has 0 fully saturated rings. The first-order valence-electron chi connectivity index (χ1n) is 11.2. The Balaban J connectivity index is 1.34. The summed E-state index contributed by atoms with van der Waals surface area (Å²) >= 11 is 6.04. The van der Waals surface area contributed by atoms with E-state index in [4.69, 9.17) is 16.0 Å². The Morgan fingerprint density at radius 1 is 0.917 bits per heavy atom. The molecule has 1 amide bonds. The predicted molar refractivity (Wildman–Crippen MR) is 145 cm³/mol. The Morgan fingerprint density at radius 3 is 2.36 bits per heavy atom. The van der Waals surface area contributed by atoms with E-state index in [1.165, 1.54) is 10.6 Å². The van der Waals surface area contributed by atoms with Gasteiger partial charge in [-0.1, -0.05) is 41.9 Å². The van der Waals surface area contributed by atoms with Crippen LogP contribution in [0.4, 0.5) is 11.4 Å². The zero-order valence-corrected chi connectivity index (χ0v) is 21.2. The van der Waals surface area contributed by atoms with Crippen LogP contribution in [0.3, 0.4) is 0 Å². The number of hydrogen-bond acceptors (Lipinski definition) is 4. The molecule has 1 aromatic heterocycles. The molecule has 0 radical (unpaired) electrons. The molecule has 0 unspecified atom stereocenters. The third-order valence-corrected chi connectivity index (χ3v) is 7.37. The van der Waals surface area contributed by atoms with Crippen molar-refractivity contribution in [2.24, 2.45) is 0 Å². The number of hydrogen-bond donors (Lipinski definition) is 1. The molecular weight excluding hydrogens is 496 g/mol. The van der Waals surface area contributed by atoms with Crippen LogP contribution >= 0.6 is 11.6 Å². The van der Waals surface area contributed by atoms with Crippen LogP contribution in [0.5, 0.6) is 0 Å². The summed E-state index contributed by atoms with van der Waals surface area (Å²) < 4.78 is 32.3. The van der Waals surface area contributed by atoms with E-state index in [2.05, 4.69) is 5.32 Å². The van der Waals surface area contributed by atoms with Crippen molar-refractivity contribution in [1.29, 1.82) is 0 Å². The van der Waals surface area contributed by atoms with E-state index >= 15 is 0 Å². The van der Waals surface area contributed by atoms with Gasteiger partial charge in [-0.05, 0) is 66.6 Å². The Kier molecular flexibility index (Phi) is 6.20. The third kappa shape index (κ3) is 4.80. The molecule has 4 aromatic carbocycles. The first-order chi connectivity index (χ1) is 17.2. The molecule has 0 aliphatic carbocycles. The van der Waals surface area contributed by atoms with Crippen molar-refractivity contribution in [2.75, 3.05) is 15.9 Å². The molecule has 0 saturated carbocycles. The van der Waals surface area contributed by atoms with Gasteiger partial charge in [0.2, 0.25) is 10.0 Å². The van der Waals surface area contributed by atoms with Gasteiger partial charge in [0.05, 0.1) is 18.5 Å². The lowest BCUT2D eigenvalue weighted by atomic mass is 10.1. The summed E-state index contributed by atoms with van der Waals surface area (Å²) in [6, 6.07) is 25.3. The summed E-state index contributed by atoms with van der Waals surface area (Å²) in [6.07, 6.45) is 1.17. The number of fused-ring (bicyclic) bond motifs is 3.